The van der Waals surface area contributed by atoms with Gasteiger partial charge in [0.2, 0.25) is 0 Å². The lowest BCUT2D eigenvalue weighted by atomic mass is 10.2. The molecule has 2 rings (SSSR count). The molecule has 0 fully saturated rings. The van der Waals surface area contributed by atoms with Crippen LogP contribution >= 0.6 is 11.3 Å². The molecule has 0 aliphatic heterocycles. The number of hydrogen-bond acceptors (Lipinski definition) is 4. The average molecular weight is 274 g/mol. The first-order chi connectivity index (χ1) is 8.47. The first kappa shape index (κ1) is 12.7. The molecular weight excluding hydrogens is 265 g/mol. The molecule has 0 radical (unpaired) electrons. The highest BCUT2D eigenvalue weighted by Gasteiger charge is 2.33. The highest BCUT2D eigenvalue weighted by molar-refractivity contribution is 7.13. The number of halogens is 3. The first-order valence-electron chi connectivity index (χ1n) is 4.96. The third kappa shape index (κ3) is 2.92. The second kappa shape index (κ2) is 4.85. The van der Waals surface area contributed by atoms with Crippen molar-refractivity contribution < 1.29 is 17.9 Å². The van der Waals surface area contributed by atoms with E-state index < -0.39 is 11.7 Å². The van der Waals surface area contributed by atoms with Gasteiger partial charge in [-0.3, -0.25) is 0 Å². The molecule has 2 N–H and O–H groups in total. The lowest BCUT2D eigenvalue weighted by molar-refractivity contribution is -0.139. The fourth-order valence-electron chi connectivity index (χ4n) is 1.37. The van der Waals surface area contributed by atoms with Gasteiger partial charge in [0.15, 0.2) is 5.13 Å². The summed E-state index contributed by atoms with van der Waals surface area (Å²) in [4.78, 5) is 3.91. The molecule has 1 aromatic carbocycles. The summed E-state index contributed by atoms with van der Waals surface area (Å²) in [5, 5.41) is 2.00. The van der Waals surface area contributed by atoms with Crippen molar-refractivity contribution in [3.8, 4) is 5.75 Å². The molecule has 2 aromatic rings. The summed E-state index contributed by atoms with van der Waals surface area (Å²) in [6, 6.07) is 5.06. The standard InChI is InChI=1S/C11H9F3N2OS/c12-11(13,14)8-3-1-2-4-9(8)17-5-7-6-18-10(15)16-7/h1-4,6H,5H2,(H2,15,16). The van der Waals surface area contributed by atoms with E-state index in [1.165, 1.54) is 29.5 Å². The van der Waals surface area contributed by atoms with E-state index in [-0.39, 0.29) is 12.4 Å². The molecule has 0 unspecified atom stereocenters. The van der Waals surface area contributed by atoms with E-state index in [2.05, 4.69) is 4.98 Å². The Morgan fingerprint density at radius 3 is 2.61 bits per heavy atom. The number of rotatable bonds is 3. The van der Waals surface area contributed by atoms with Crippen LogP contribution < -0.4 is 10.5 Å². The van der Waals surface area contributed by atoms with E-state index in [0.29, 0.717) is 10.8 Å². The van der Waals surface area contributed by atoms with Crippen LogP contribution in [0.4, 0.5) is 18.3 Å². The van der Waals surface area contributed by atoms with Crippen molar-refractivity contribution >= 4 is 16.5 Å². The molecule has 96 valence electrons. The molecule has 3 nitrogen and oxygen atoms in total. The summed E-state index contributed by atoms with van der Waals surface area (Å²) in [6.45, 7) is -0.0409. The Hall–Kier alpha value is -1.76. The number of anilines is 1. The maximum absolute atomic E-state index is 12.7. The largest absolute Gasteiger partial charge is 0.487 e. The smallest absolute Gasteiger partial charge is 0.419 e. The monoisotopic (exact) mass is 274 g/mol. The molecule has 0 aliphatic carbocycles. The molecule has 0 spiro atoms. The third-order valence-corrected chi connectivity index (χ3v) is 2.86. The van der Waals surface area contributed by atoms with E-state index >= 15 is 0 Å². The minimum absolute atomic E-state index is 0.0409. The van der Waals surface area contributed by atoms with Gasteiger partial charge in [0.1, 0.15) is 12.4 Å². The number of nitrogens with two attached hydrogens (primary N) is 1. The van der Waals surface area contributed by atoms with Crippen LogP contribution in [-0.4, -0.2) is 4.98 Å². The van der Waals surface area contributed by atoms with Crippen molar-refractivity contribution in [1.29, 1.82) is 0 Å². The number of nitrogens with zero attached hydrogens (tertiary/aromatic N) is 1. The van der Waals surface area contributed by atoms with Crippen LogP contribution in [0.25, 0.3) is 0 Å². The van der Waals surface area contributed by atoms with E-state index in [0.717, 1.165) is 6.07 Å². The van der Waals surface area contributed by atoms with Gasteiger partial charge in [-0.1, -0.05) is 12.1 Å². The van der Waals surface area contributed by atoms with Gasteiger partial charge in [0.25, 0.3) is 0 Å². The molecule has 0 aliphatic rings. The van der Waals surface area contributed by atoms with Gasteiger partial charge in [0, 0.05) is 5.38 Å². The zero-order valence-corrected chi connectivity index (χ0v) is 9.89. The summed E-state index contributed by atoms with van der Waals surface area (Å²) in [5.74, 6) is -0.212. The maximum atomic E-state index is 12.7. The van der Waals surface area contributed by atoms with Crippen molar-refractivity contribution in [2.45, 2.75) is 12.8 Å². The molecule has 0 saturated heterocycles. The molecule has 1 aromatic heterocycles. The summed E-state index contributed by atoms with van der Waals surface area (Å²) >= 11 is 1.21. The number of aromatic nitrogens is 1. The van der Waals surface area contributed by atoms with Crippen LogP contribution in [-0.2, 0) is 12.8 Å². The van der Waals surface area contributed by atoms with E-state index in [9.17, 15) is 13.2 Å². The summed E-state index contributed by atoms with van der Waals surface area (Å²) in [6.07, 6.45) is -4.43. The van der Waals surface area contributed by atoms with E-state index in [1.54, 1.807) is 5.38 Å². The predicted molar refractivity (Wildman–Crippen MR) is 62.3 cm³/mol. The van der Waals surface area contributed by atoms with Crippen LogP contribution in [0.1, 0.15) is 11.3 Å². The van der Waals surface area contributed by atoms with Gasteiger partial charge in [-0.25, -0.2) is 4.98 Å². The number of thiazole rings is 1. The van der Waals surface area contributed by atoms with Crippen molar-refractivity contribution in [1.82, 2.24) is 4.98 Å². The molecule has 0 bridgehead atoms. The quantitative estimate of drug-likeness (QED) is 0.934. The van der Waals surface area contributed by atoms with Crippen molar-refractivity contribution in [2.24, 2.45) is 0 Å². The average Bonchev–Trinajstić information content (AvgIpc) is 2.72. The summed E-state index contributed by atoms with van der Waals surface area (Å²) in [7, 11) is 0. The van der Waals surface area contributed by atoms with Gasteiger partial charge >= 0.3 is 6.18 Å². The Balaban J connectivity index is 2.14. The van der Waals surface area contributed by atoms with E-state index in [4.69, 9.17) is 10.5 Å². The van der Waals surface area contributed by atoms with Crippen LogP contribution in [0.3, 0.4) is 0 Å². The van der Waals surface area contributed by atoms with Crippen molar-refractivity contribution in [3.05, 3.63) is 40.9 Å². The Morgan fingerprint density at radius 2 is 2.00 bits per heavy atom. The van der Waals surface area contributed by atoms with Crippen LogP contribution in [0.5, 0.6) is 5.75 Å². The molecule has 0 amide bonds. The number of hydrogen-bond donors (Lipinski definition) is 1. The third-order valence-electron chi connectivity index (χ3n) is 2.14. The van der Waals surface area contributed by atoms with Gasteiger partial charge in [-0.2, -0.15) is 13.2 Å². The fourth-order valence-corrected chi connectivity index (χ4v) is 1.91. The Bertz CT molecular complexity index is 539. The molecular formula is C11H9F3N2OS. The highest BCUT2D eigenvalue weighted by Crippen LogP contribution is 2.36. The minimum Gasteiger partial charge on any atom is -0.487 e. The number of alkyl halides is 3. The SMILES string of the molecule is Nc1nc(COc2ccccc2C(F)(F)F)cs1. The fraction of sp³-hybridized carbons (Fsp3) is 0.182. The first-order valence-corrected chi connectivity index (χ1v) is 5.83. The molecule has 18 heavy (non-hydrogen) atoms. The number of benzene rings is 1. The van der Waals surface area contributed by atoms with Crippen molar-refractivity contribution in [2.75, 3.05) is 5.73 Å². The van der Waals surface area contributed by atoms with Crippen LogP contribution in [0.15, 0.2) is 29.6 Å². The number of nitrogen functional groups attached to an aromatic ring is 1. The lowest BCUT2D eigenvalue weighted by Crippen LogP contribution is -2.08. The summed E-state index contributed by atoms with van der Waals surface area (Å²) in [5.41, 5.74) is 5.13. The molecule has 1 heterocycles. The Kier molecular flexibility index (Phi) is 3.42. The maximum Gasteiger partial charge on any atom is 0.419 e. The second-order valence-corrected chi connectivity index (χ2v) is 4.35. The second-order valence-electron chi connectivity index (χ2n) is 3.46. The van der Waals surface area contributed by atoms with Gasteiger partial charge in [0.05, 0.1) is 11.3 Å². The highest BCUT2D eigenvalue weighted by atomic mass is 32.1. The minimum atomic E-state index is -4.43. The summed E-state index contributed by atoms with van der Waals surface area (Å²) < 4.78 is 43.1. The molecule has 0 saturated carbocycles. The zero-order chi connectivity index (χ0) is 13.2. The molecule has 0 atom stereocenters. The lowest BCUT2D eigenvalue weighted by Gasteiger charge is -2.12. The number of ether oxygens (including phenoxy) is 1. The van der Waals surface area contributed by atoms with E-state index in [1.807, 2.05) is 0 Å². The number of para-hydroxylation sites is 1. The zero-order valence-electron chi connectivity index (χ0n) is 9.07. The van der Waals surface area contributed by atoms with Gasteiger partial charge in [-0.15, -0.1) is 11.3 Å². The predicted octanol–water partition coefficient (Wildman–Crippen LogP) is 3.32. The van der Waals surface area contributed by atoms with Crippen LogP contribution in [0, 0.1) is 0 Å². The molecule has 7 heteroatoms. The Morgan fingerprint density at radius 1 is 1.28 bits per heavy atom. The van der Waals surface area contributed by atoms with Crippen molar-refractivity contribution in [3.63, 3.8) is 0 Å². The van der Waals surface area contributed by atoms with Gasteiger partial charge < -0.3 is 10.5 Å². The topological polar surface area (TPSA) is 48.1 Å². The normalized spacial score (nSPS) is 11.5. The van der Waals surface area contributed by atoms with Crippen LogP contribution in [0.2, 0.25) is 0 Å². The van der Waals surface area contributed by atoms with Gasteiger partial charge in [-0.05, 0) is 12.1 Å². The Labute approximate surface area is 105 Å².